The van der Waals surface area contributed by atoms with Crippen LogP contribution < -0.4 is 10.5 Å². The van der Waals surface area contributed by atoms with Gasteiger partial charge < -0.3 is 5.73 Å². The fourth-order valence-corrected chi connectivity index (χ4v) is 3.20. The number of benzene rings is 2. The zero-order chi connectivity index (χ0) is 17.0. The Hall–Kier alpha value is -1.76. The summed E-state index contributed by atoms with van der Waals surface area (Å²) in [6.45, 7) is 4.28. The van der Waals surface area contributed by atoms with E-state index >= 15 is 0 Å². The number of hydrogen-bond acceptors (Lipinski definition) is 3. The monoisotopic (exact) mass is 336 g/mol. The van der Waals surface area contributed by atoms with E-state index < -0.39 is 21.9 Å². The van der Waals surface area contributed by atoms with E-state index in [-0.39, 0.29) is 11.4 Å². The minimum absolute atomic E-state index is 0.0151. The summed E-state index contributed by atoms with van der Waals surface area (Å²) in [6.07, 6.45) is 0. The van der Waals surface area contributed by atoms with Crippen molar-refractivity contribution in [1.82, 2.24) is 4.72 Å². The molecule has 6 heteroatoms. The second-order valence-electron chi connectivity index (χ2n) is 5.73. The normalized spacial score (nSPS) is 13.3. The molecule has 0 aromatic heterocycles. The van der Waals surface area contributed by atoms with Gasteiger partial charge in [0.15, 0.2) is 0 Å². The van der Waals surface area contributed by atoms with Crippen LogP contribution in [-0.4, -0.2) is 15.0 Å². The lowest BCUT2D eigenvalue weighted by Gasteiger charge is -2.15. The van der Waals surface area contributed by atoms with Crippen molar-refractivity contribution in [2.45, 2.75) is 30.7 Å². The standard InChI is InChI=1S/C17H21FN2O2S/c1-12(2)13-3-5-14(6-4-13)17(19)11-20-23(21,22)16-9-7-15(18)8-10-16/h3-10,12,17,20H,11,19H2,1-2H3. The van der Waals surface area contributed by atoms with Crippen molar-refractivity contribution in [2.75, 3.05) is 6.54 Å². The van der Waals surface area contributed by atoms with Crippen LogP contribution in [0.1, 0.15) is 36.9 Å². The van der Waals surface area contributed by atoms with Crippen LogP contribution in [0.4, 0.5) is 4.39 Å². The molecule has 2 rings (SSSR count). The van der Waals surface area contributed by atoms with Crippen LogP contribution in [0.5, 0.6) is 0 Å². The third-order valence-electron chi connectivity index (χ3n) is 3.65. The van der Waals surface area contributed by atoms with E-state index in [4.69, 9.17) is 5.73 Å². The Bertz CT molecular complexity index is 741. The van der Waals surface area contributed by atoms with Crippen molar-refractivity contribution >= 4 is 10.0 Å². The second kappa shape index (κ2) is 7.21. The lowest BCUT2D eigenvalue weighted by molar-refractivity contribution is 0.571. The number of rotatable bonds is 6. The highest BCUT2D eigenvalue weighted by Crippen LogP contribution is 2.18. The van der Waals surface area contributed by atoms with Crippen LogP contribution in [0.15, 0.2) is 53.4 Å². The Kier molecular flexibility index (Phi) is 5.51. The molecule has 0 radical (unpaired) electrons. The largest absolute Gasteiger partial charge is 0.323 e. The topological polar surface area (TPSA) is 72.2 Å². The molecule has 3 N–H and O–H groups in total. The maximum atomic E-state index is 12.9. The fourth-order valence-electron chi connectivity index (χ4n) is 2.14. The predicted octanol–water partition coefficient (Wildman–Crippen LogP) is 2.93. The Balaban J connectivity index is 2.03. The molecule has 0 bridgehead atoms. The van der Waals surface area contributed by atoms with Gasteiger partial charge in [-0.05, 0) is 41.3 Å². The highest BCUT2D eigenvalue weighted by molar-refractivity contribution is 7.89. The third kappa shape index (κ3) is 4.60. The van der Waals surface area contributed by atoms with Gasteiger partial charge in [0.2, 0.25) is 10.0 Å². The zero-order valence-electron chi connectivity index (χ0n) is 13.2. The molecule has 2 aromatic carbocycles. The van der Waals surface area contributed by atoms with E-state index in [0.717, 1.165) is 17.7 Å². The molecule has 124 valence electrons. The van der Waals surface area contributed by atoms with Crippen LogP contribution in [0.25, 0.3) is 0 Å². The minimum atomic E-state index is -3.70. The van der Waals surface area contributed by atoms with Gasteiger partial charge in [0.1, 0.15) is 5.82 Å². The van der Waals surface area contributed by atoms with Crippen molar-refractivity contribution in [1.29, 1.82) is 0 Å². The molecule has 0 fully saturated rings. The summed E-state index contributed by atoms with van der Waals surface area (Å²) in [5.41, 5.74) is 8.10. The lowest BCUT2D eigenvalue weighted by atomic mass is 9.99. The molecule has 0 spiro atoms. The third-order valence-corrected chi connectivity index (χ3v) is 5.09. The quantitative estimate of drug-likeness (QED) is 0.852. The average molecular weight is 336 g/mol. The van der Waals surface area contributed by atoms with Crippen molar-refractivity contribution < 1.29 is 12.8 Å². The van der Waals surface area contributed by atoms with Crippen LogP contribution >= 0.6 is 0 Å². The first-order chi connectivity index (χ1) is 10.8. The number of nitrogens with one attached hydrogen (secondary N) is 1. The number of nitrogens with two attached hydrogens (primary N) is 1. The number of sulfonamides is 1. The van der Waals surface area contributed by atoms with E-state index in [2.05, 4.69) is 18.6 Å². The van der Waals surface area contributed by atoms with E-state index in [1.807, 2.05) is 24.3 Å². The first kappa shape index (κ1) is 17.6. The molecule has 23 heavy (non-hydrogen) atoms. The summed E-state index contributed by atoms with van der Waals surface area (Å²) in [5.74, 6) is -0.0526. The van der Waals surface area contributed by atoms with Gasteiger partial charge in [0.05, 0.1) is 4.90 Å². The van der Waals surface area contributed by atoms with Gasteiger partial charge in [-0.3, -0.25) is 0 Å². The van der Waals surface area contributed by atoms with Crippen LogP contribution in [-0.2, 0) is 10.0 Å². The summed E-state index contributed by atoms with van der Waals surface area (Å²) < 4.78 is 39.6. The number of halogens is 1. The molecule has 0 saturated heterocycles. The molecule has 0 aliphatic rings. The first-order valence-electron chi connectivity index (χ1n) is 7.40. The summed E-state index contributed by atoms with van der Waals surface area (Å²) in [5, 5.41) is 0. The van der Waals surface area contributed by atoms with Gasteiger partial charge in [-0.1, -0.05) is 38.1 Å². The Morgan fingerprint density at radius 3 is 2.04 bits per heavy atom. The number of hydrogen-bond donors (Lipinski definition) is 2. The summed E-state index contributed by atoms with van der Waals surface area (Å²) in [7, 11) is -3.70. The maximum absolute atomic E-state index is 12.9. The van der Waals surface area contributed by atoms with Gasteiger partial charge in [0.25, 0.3) is 0 Å². The van der Waals surface area contributed by atoms with Crippen molar-refractivity contribution in [3.63, 3.8) is 0 Å². The van der Waals surface area contributed by atoms with Crippen LogP contribution in [0.3, 0.4) is 0 Å². The molecule has 2 aromatic rings. The molecule has 0 heterocycles. The Morgan fingerprint density at radius 2 is 1.52 bits per heavy atom. The predicted molar refractivity (Wildman–Crippen MR) is 89.0 cm³/mol. The van der Waals surface area contributed by atoms with Crippen LogP contribution in [0.2, 0.25) is 0 Å². The fraction of sp³-hybridized carbons (Fsp3) is 0.294. The van der Waals surface area contributed by atoms with E-state index in [1.54, 1.807) is 0 Å². The highest BCUT2D eigenvalue weighted by Gasteiger charge is 2.16. The van der Waals surface area contributed by atoms with Crippen LogP contribution in [0, 0.1) is 5.82 Å². The smallest absolute Gasteiger partial charge is 0.240 e. The Labute approximate surface area is 136 Å². The Morgan fingerprint density at radius 1 is 1.00 bits per heavy atom. The minimum Gasteiger partial charge on any atom is -0.323 e. The SMILES string of the molecule is CC(C)c1ccc(C(N)CNS(=O)(=O)c2ccc(F)cc2)cc1. The molecular weight excluding hydrogens is 315 g/mol. The van der Waals surface area contributed by atoms with Crippen molar-refractivity contribution in [3.05, 3.63) is 65.5 Å². The molecule has 0 aliphatic carbocycles. The molecule has 0 amide bonds. The van der Waals surface area contributed by atoms with E-state index in [9.17, 15) is 12.8 Å². The first-order valence-corrected chi connectivity index (χ1v) is 8.88. The molecule has 0 saturated carbocycles. The average Bonchev–Trinajstić information content (AvgIpc) is 2.53. The van der Waals surface area contributed by atoms with E-state index in [1.165, 1.54) is 17.7 Å². The molecule has 1 unspecified atom stereocenters. The highest BCUT2D eigenvalue weighted by atomic mass is 32.2. The van der Waals surface area contributed by atoms with Gasteiger partial charge >= 0.3 is 0 Å². The van der Waals surface area contributed by atoms with Crippen molar-refractivity contribution in [2.24, 2.45) is 5.73 Å². The molecular formula is C17H21FN2O2S. The van der Waals surface area contributed by atoms with E-state index in [0.29, 0.717) is 5.92 Å². The molecule has 0 aliphatic heterocycles. The van der Waals surface area contributed by atoms with Gasteiger partial charge in [-0.25, -0.2) is 17.5 Å². The molecule has 4 nitrogen and oxygen atoms in total. The molecule has 1 atom stereocenters. The van der Waals surface area contributed by atoms with Gasteiger partial charge in [0, 0.05) is 12.6 Å². The zero-order valence-corrected chi connectivity index (χ0v) is 14.0. The van der Waals surface area contributed by atoms with Gasteiger partial charge in [-0.15, -0.1) is 0 Å². The second-order valence-corrected chi connectivity index (χ2v) is 7.50. The van der Waals surface area contributed by atoms with Crippen molar-refractivity contribution in [3.8, 4) is 0 Å². The lowest BCUT2D eigenvalue weighted by Crippen LogP contribution is -2.32. The summed E-state index contributed by atoms with van der Waals surface area (Å²) in [6, 6.07) is 12.0. The summed E-state index contributed by atoms with van der Waals surface area (Å²) >= 11 is 0. The maximum Gasteiger partial charge on any atom is 0.240 e. The summed E-state index contributed by atoms with van der Waals surface area (Å²) in [4.78, 5) is 0.0151. The van der Waals surface area contributed by atoms with Gasteiger partial charge in [-0.2, -0.15) is 0 Å².